The van der Waals surface area contributed by atoms with E-state index in [2.05, 4.69) is 5.32 Å². The van der Waals surface area contributed by atoms with Gasteiger partial charge in [0.05, 0.1) is 0 Å². The maximum Gasteiger partial charge on any atom is 0.227 e. The molecule has 0 amide bonds. The molecular formula is C12H9NO3. The van der Waals surface area contributed by atoms with Crippen molar-refractivity contribution < 1.29 is 14.7 Å². The van der Waals surface area contributed by atoms with E-state index in [9.17, 15) is 9.59 Å². The van der Waals surface area contributed by atoms with E-state index in [1.165, 1.54) is 30.4 Å². The number of hydrogen-bond acceptors (Lipinski definition) is 4. The molecule has 1 aromatic rings. The lowest BCUT2D eigenvalue weighted by Gasteiger charge is -2.09. The highest BCUT2D eigenvalue weighted by molar-refractivity contribution is 6.46. The Morgan fingerprint density at radius 3 is 2.25 bits per heavy atom. The van der Waals surface area contributed by atoms with Crippen molar-refractivity contribution in [3.63, 3.8) is 0 Å². The normalized spacial score (nSPS) is 14.9. The lowest BCUT2D eigenvalue weighted by atomic mass is 10.1. The van der Waals surface area contributed by atoms with Crippen LogP contribution in [0.5, 0.6) is 5.75 Å². The highest BCUT2D eigenvalue weighted by Gasteiger charge is 2.12. The van der Waals surface area contributed by atoms with Gasteiger partial charge in [-0.05, 0) is 36.4 Å². The Hall–Kier alpha value is -2.36. The SMILES string of the molecule is O=C1C=CC(Nc2ccc(O)cc2)=CC1=O. The molecule has 1 aliphatic carbocycles. The largest absolute Gasteiger partial charge is 0.508 e. The molecule has 4 heteroatoms. The van der Waals surface area contributed by atoms with E-state index in [4.69, 9.17) is 5.11 Å². The summed E-state index contributed by atoms with van der Waals surface area (Å²) in [5, 5.41) is 12.0. The molecule has 16 heavy (non-hydrogen) atoms. The number of carbonyl (C=O) groups excluding carboxylic acids is 2. The molecule has 0 unspecified atom stereocenters. The molecule has 0 heterocycles. The summed E-state index contributed by atoms with van der Waals surface area (Å²) in [7, 11) is 0. The van der Waals surface area contributed by atoms with Crippen LogP contribution in [0.1, 0.15) is 0 Å². The summed E-state index contributed by atoms with van der Waals surface area (Å²) in [5.74, 6) is -0.884. The van der Waals surface area contributed by atoms with Crippen LogP contribution in [0.3, 0.4) is 0 Å². The van der Waals surface area contributed by atoms with E-state index >= 15 is 0 Å². The highest BCUT2D eigenvalue weighted by Crippen LogP contribution is 2.16. The minimum atomic E-state index is -0.538. The molecule has 0 saturated heterocycles. The Morgan fingerprint density at radius 2 is 1.62 bits per heavy atom. The standard InChI is InChI=1S/C12H9NO3/c14-10-4-1-8(2-5-10)13-9-3-6-11(15)12(16)7-9/h1-7,13-14H. The first-order chi connectivity index (χ1) is 7.65. The third kappa shape index (κ3) is 2.17. The first-order valence-electron chi connectivity index (χ1n) is 4.69. The molecule has 80 valence electrons. The third-order valence-corrected chi connectivity index (χ3v) is 2.10. The molecule has 0 saturated carbocycles. The van der Waals surface area contributed by atoms with Crippen molar-refractivity contribution >= 4 is 17.3 Å². The van der Waals surface area contributed by atoms with Crippen molar-refractivity contribution in [1.29, 1.82) is 0 Å². The summed E-state index contributed by atoms with van der Waals surface area (Å²) in [5.41, 5.74) is 1.28. The van der Waals surface area contributed by atoms with Crippen LogP contribution in [0.2, 0.25) is 0 Å². The summed E-state index contributed by atoms with van der Waals surface area (Å²) < 4.78 is 0. The van der Waals surface area contributed by atoms with Gasteiger partial charge in [-0.2, -0.15) is 0 Å². The Balaban J connectivity index is 2.14. The Labute approximate surface area is 91.9 Å². The van der Waals surface area contributed by atoms with Gasteiger partial charge in [-0.1, -0.05) is 0 Å². The van der Waals surface area contributed by atoms with E-state index < -0.39 is 11.6 Å². The van der Waals surface area contributed by atoms with Gasteiger partial charge in [-0.3, -0.25) is 9.59 Å². The maximum atomic E-state index is 11.1. The molecule has 0 bridgehead atoms. The van der Waals surface area contributed by atoms with Gasteiger partial charge in [0.1, 0.15) is 5.75 Å². The Bertz CT molecular complexity index is 498. The quantitative estimate of drug-likeness (QED) is 0.444. The molecule has 0 spiro atoms. The fourth-order valence-corrected chi connectivity index (χ4v) is 1.30. The van der Waals surface area contributed by atoms with Crippen LogP contribution in [0.4, 0.5) is 5.69 Å². The van der Waals surface area contributed by atoms with Crippen LogP contribution in [0.15, 0.2) is 48.2 Å². The van der Waals surface area contributed by atoms with Crippen molar-refractivity contribution in [2.45, 2.75) is 0 Å². The predicted molar refractivity (Wildman–Crippen MR) is 59.0 cm³/mol. The van der Waals surface area contributed by atoms with E-state index in [1.54, 1.807) is 12.1 Å². The fraction of sp³-hybridized carbons (Fsp3) is 0. The van der Waals surface area contributed by atoms with Crippen molar-refractivity contribution in [2.75, 3.05) is 5.32 Å². The second kappa shape index (κ2) is 4.02. The Morgan fingerprint density at radius 1 is 0.938 bits per heavy atom. The average molecular weight is 215 g/mol. The zero-order valence-corrected chi connectivity index (χ0v) is 8.31. The van der Waals surface area contributed by atoms with E-state index in [1.807, 2.05) is 0 Å². The number of carbonyl (C=O) groups is 2. The summed E-state index contributed by atoms with van der Waals surface area (Å²) in [4.78, 5) is 22.0. The van der Waals surface area contributed by atoms with Crippen molar-refractivity contribution in [3.8, 4) is 5.75 Å². The van der Waals surface area contributed by atoms with Gasteiger partial charge >= 0.3 is 0 Å². The molecule has 0 aliphatic heterocycles. The first kappa shape index (κ1) is 10.2. The minimum absolute atomic E-state index is 0.171. The van der Waals surface area contributed by atoms with E-state index in [0.717, 1.165) is 5.69 Å². The van der Waals surface area contributed by atoms with Gasteiger partial charge in [0.2, 0.25) is 11.6 Å². The summed E-state index contributed by atoms with van der Waals surface area (Å²) in [6, 6.07) is 6.40. The molecule has 2 rings (SSSR count). The lowest BCUT2D eigenvalue weighted by Crippen LogP contribution is -2.14. The van der Waals surface area contributed by atoms with Gasteiger partial charge in [-0.25, -0.2) is 0 Å². The van der Waals surface area contributed by atoms with Crippen molar-refractivity contribution in [1.82, 2.24) is 0 Å². The van der Waals surface area contributed by atoms with Crippen molar-refractivity contribution in [2.24, 2.45) is 0 Å². The Kier molecular flexibility index (Phi) is 2.55. The number of ketones is 2. The number of phenolic OH excluding ortho intramolecular Hbond substituents is 1. The number of benzene rings is 1. The maximum absolute atomic E-state index is 11.1. The molecule has 1 aromatic carbocycles. The second-order valence-corrected chi connectivity index (χ2v) is 3.33. The molecule has 4 nitrogen and oxygen atoms in total. The van der Waals surface area contributed by atoms with Crippen molar-refractivity contribution in [3.05, 3.63) is 48.2 Å². The van der Waals surface area contributed by atoms with Crippen LogP contribution < -0.4 is 5.32 Å². The zero-order valence-electron chi connectivity index (χ0n) is 8.31. The fourth-order valence-electron chi connectivity index (χ4n) is 1.30. The van der Waals surface area contributed by atoms with Gasteiger partial charge in [0, 0.05) is 17.5 Å². The minimum Gasteiger partial charge on any atom is -0.508 e. The number of aromatic hydroxyl groups is 1. The van der Waals surface area contributed by atoms with Gasteiger partial charge < -0.3 is 10.4 Å². The summed E-state index contributed by atoms with van der Waals surface area (Å²) in [6.45, 7) is 0. The van der Waals surface area contributed by atoms with Gasteiger partial charge in [0.15, 0.2) is 0 Å². The summed E-state index contributed by atoms with van der Waals surface area (Å²) in [6.07, 6.45) is 4.01. The number of rotatable bonds is 2. The highest BCUT2D eigenvalue weighted by atomic mass is 16.3. The number of allylic oxidation sites excluding steroid dienone is 3. The van der Waals surface area contributed by atoms with E-state index in [-0.39, 0.29) is 5.75 Å². The van der Waals surface area contributed by atoms with E-state index in [0.29, 0.717) is 5.70 Å². The third-order valence-electron chi connectivity index (χ3n) is 2.10. The molecule has 2 N–H and O–H groups in total. The number of hydrogen-bond donors (Lipinski definition) is 2. The molecular weight excluding hydrogens is 206 g/mol. The lowest BCUT2D eigenvalue weighted by molar-refractivity contribution is -0.131. The van der Waals surface area contributed by atoms with Crippen LogP contribution in [-0.2, 0) is 9.59 Å². The molecule has 0 radical (unpaired) electrons. The zero-order chi connectivity index (χ0) is 11.5. The predicted octanol–water partition coefficient (Wildman–Crippen LogP) is 1.40. The van der Waals surface area contributed by atoms with Crippen LogP contribution in [-0.4, -0.2) is 16.7 Å². The van der Waals surface area contributed by atoms with Crippen LogP contribution in [0.25, 0.3) is 0 Å². The van der Waals surface area contributed by atoms with Crippen LogP contribution in [0, 0.1) is 0 Å². The molecule has 0 atom stereocenters. The smallest absolute Gasteiger partial charge is 0.227 e. The molecule has 1 aliphatic rings. The van der Waals surface area contributed by atoms with Gasteiger partial charge in [0.25, 0.3) is 0 Å². The topological polar surface area (TPSA) is 66.4 Å². The number of nitrogens with one attached hydrogen (secondary N) is 1. The average Bonchev–Trinajstić information content (AvgIpc) is 2.27. The van der Waals surface area contributed by atoms with Crippen LogP contribution >= 0.6 is 0 Å². The molecule has 0 aromatic heterocycles. The summed E-state index contributed by atoms with van der Waals surface area (Å²) >= 11 is 0. The first-order valence-corrected chi connectivity index (χ1v) is 4.69. The second-order valence-electron chi connectivity index (χ2n) is 3.33. The number of anilines is 1. The molecule has 0 fully saturated rings. The number of phenols is 1. The monoisotopic (exact) mass is 215 g/mol. The van der Waals surface area contributed by atoms with Gasteiger partial charge in [-0.15, -0.1) is 0 Å².